The average molecular weight is 309 g/mol. The zero-order chi connectivity index (χ0) is 16.0. The molecule has 3 atom stereocenters. The first kappa shape index (κ1) is 14.2. The van der Waals surface area contributed by atoms with Crippen molar-refractivity contribution in [3.05, 3.63) is 48.0 Å². The third kappa shape index (κ3) is 2.38. The second kappa shape index (κ2) is 5.37. The number of fused-ring (bicyclic) bond motifs is 1. The van der Waals surface area contributed by atoms with Gasteiger partial charge < -0.3 is 10.0 Å². The van der Waals surface area contributed by atoms with Gasteiger partial charge in [0.1, 0.15) is 0 Å². The largest absolute Gasteiger partial charge is 0.481 e. The molecule has 1 amide bonds. The Hall–Kier alpha value is -2.36. The number of amides is 1. The maximum atomic E-state index is 12.7. The number of carboxylic acids is 1. The highest BCUT2D eigenvalue weighted by atomic mass is 16.4. The lowest BCUT2D eigenvalue weighted by Gasteiger charge is -2.26. The first-order chi connectivity index (χ1) is 11.2. The van der Waals surface area contributed by atoms with Crippen LogP contribution in [0.2, 0.25) is 0 Å². The van der Waals surface area contributed by atoms with Crippen molar-refractivity contribution >= 4 is 22.6 Å². The first-order valence-electron chi connectivity index (χ1n) is 8.18. The molecule has 2 aliphatic rings. The predicted molar refractivity (Wildman–Crippen MR) is 86.9 cm³/mol. The van der Waals surface area contributed by atoms with Crippen molar-refractivity contribution < 1.29 is 14.7 Å². The van der Waals surface area contributed by atoms with Gasteiger partial charge >= 0.3 is 5.97 Å². The molecule has 1 aliphatic heterocycles. The molecule has 1 N–H and O–H groups in total. The van der Waals surface area contributed by atoms with Crippen LogP contribution in [0.25, 0.3) is 10.8 Å². The fraction of sp³-hybridized carbons (Fsp3) is 0.368. The molecule has 0 aromatic heterocycles. The Labute approximate surface area is 134 Å². The number of carbonyl (C=O) groups excluding carboxylic acids is 1. The number of benzene rings is 2. The van der Waals surface area contributed by atoms with E-state index < -0.39 is 11.9 Å². The van der Waals surface area contributed by atoms with Crippen LogP contribution in [0.5, 0.6) is 0 Å². The summed E-state index contributed by atoms with van der Waals surface area (Å²) >= 11 is 0. The molecule has 0 bridgehead atoms. The average Bonchev–Trinajstić information content (AvgIpc) is 3.23. The number of aliphatic carboxylic acids is 1. The minimum atomic E-state index is -0.843. The summed E-state index contributed by atoms with van der Waals surface area (Å²) in [5, 5.41) is 11.4. The molecule has 2 aromatic rings. The van der Waals surface area contributed by atoms with E-state index in [1.807, 2.05) is 23.1 Å². The molecule has 0 radical (unpaired) electrons. The molecular formula is C19H19NO3. The second-order valence-electron chi connectivity index (χ2n) is 6.54. The molecule has 1 heterocycles. The SMILES string of the molecule is O=C(O)C1CC1C(=O)N1CCCC1c1cccc2ccccc12. The third-order valence-electron chi connectivity index (χ3n) is 5.14. The highest BCUT2D eigenvalue weighted by Crippen LogP contribution is 2.44. The monoisotopic (exact) mass is 309 g/mol. The summed E-state index contributed by atoms with van der Waals surface area (Å²) in [6.07, 6.45) is 2.42. The van der Waals surface area contributed by atoms with Crippen molar-refractivity contribution in [1.82, 2.24) is 4.90 Å². The maximum absolute atomic E-state index is 12.7. The van der Waals surface area contributed by atoms with Gasteiger partial charge in [0, 0.05) is 6.54 Å². The molecule has 4 rings (SSSR count). The number of nitrogens with zero attached hydrogens (tertiary/aromatic N) is 1. The first-order valence-corrected chi connectivity index (χ1v) is 8.18. The van der Waals surface area contributed by atoms with Crippen LogP contribution in [-0.2, 0) is 9.59 Å². The summed E-state index contributed by atoms with van der Waals surface area (Å²) < 4.78 is 0. The number of hydrogen-bond donors (Lipinski definition) is 1. The van der Waals surface area contributed by atoms with Crippen LogP contribution in [0, 0.1) is 11.8 Å². The zero-order valence-corrected chi connectivity index (χ0v) is 12.8. The Bertz CT molecular complexity index is 780. The number of likely N-dealkylation sites (tertiary alicyclic amines) is 1. The molecule has 2 aromatic carbocycles. The van der Waals surface area contributed by atoms with Crippen LogP contribution in [0.3, 0.4) is 0 Å². The van der Waals surface area contributed by atoms with Gasteiger partial charge in [0.25, 0.3) is 0 Å². The van der Waals surface area contributed by atoms with Gasteiger partial charge in [0.05, 0.1) is 17.9 Å². The van der Waals surface area contributed by atoms with E-state index >= 15 is 0 Å². The molecule has 4 heteroatoms. The molecule has 1 aliphatic carbocycles. The highest BCUT2D eigenvalue weighted by Gasteiger charge is 2.51. The molecular weight excluding hydrogens is 290 g/mol. The van der Waals surface area contributed by atoms with Gasteiger partial charge in [-0.05, 0) is 35.6 Å². The van der Waals surface area contributed by atoms with Gasteiger partial charge in [-0.2, -0.15) is 0 Å². The van der Waals surface area contributed by atoms with Crippen LogP contribution in [0.15, 0.2) is 42.5 Å². The van der Waals surface area contributed by atoms with E-state index in [0.717, 1.165) is 19.4 Å². The standard InChI is InChI=1S/C19H19NO3/c21-18(15-11-16(15)19(22)23)20-10-4-9-17(20)14-8-3-6-12-5-1-2-7-13(12)14/h1-3,5-8,15-17H,4,9-11H2,(H,22,23). The Kier molecular flexibility index (Phi) is 3.33. The molecule has 4 nitrogen and oxygen atoms in total. The Balaban J connectivity index is 1.65. The van der Waals surface area contributed by atoms with Crippen molar-refractivity contribution in [3.63, 3.8) is 0 Å². The van der Waals surface area contributed by atoms with E-state index in [0.29, 0.717) is 6.42 Å². The summed E-state index contributed by atoms with van der Waals surface area (Å²) in [6.45, 7) is 0.732. The van der Waals surface area contributed by atoms with E-state index in [2.05, 4.69) is 24.3 Å². The summed E-state index contributed by atoms with van der Waals surface area (Å²) in [5.41, 5.74) is 1.18. The number of hydrogen-bond acceptors (Lipinski definition) is 2. The molecule has 3 unspecified atom stereocenters. The van der Waals surface area contributed by atoms with Gasteiger partial charge in [-0.25, -0.2) is 0 Å². The van der Waals surface area contributed by atoms with Crippen molar-refractivity contribution in [3.8, 4) is 0 Å². The fourth-order valence-corrected chi connectivity index (χ4v) is 3.85. The number of carbonyl (C=O) groups is 2. The maximum Gasteiger partial charge on any atom is 0.307 e. The quantitative estimate of drug-likeness (QED) is 0.947. The van der Waals surface area contributed by atoms with Gasteiger partial charge in [-0.1, -0.05) is 42.5 Å². The van der Waals surface area contributed by atoms with Crippen LogP contribution >= 0.6 is 0 Å². The summed E-state index contributed by atoms with van der Waals surface area (Å²) in [6, 6.07) is 14.5. The Morgan fingerprint density at radius 2 is 1.83 bits per heavy atom. The number of rotatable bonds is 3. The smallest absolute Gasteiger partial charge is 0.307 e. The normalized spacial score (nSPS) is 26.4. The summed E-state index contributed by atoms with van der Waals surface area (Å²) in [5.74, 6) is -1.61. The van der Waals surface area contributed by atoms with Crippen LogP contribution < -0.4 is 0 Å². The van der Waals surface area contributed by atoms with Gasteiger partial charge in [0.2, 0.25) is 5.91 Å². The van der Waals surface area contributed by atoms with Crippen molar-refractivity contribution in [2.75, 3.05) is 6.54 Å². The van der Waals surface area contributed by atoms with Crippen molar-refractivity contribution in [1.29, 1.82) is 0 Å². The van der Waals surface area contributed by atoms with E-state index in [4.69, 9.17) is 5.11 Å². The lowest BCUT2D eigenvalue weighted by molar-refractivity contribution is -0.142. The van der Waals surface area contributed by atoms with E-state index in [1.165, 1.54) is 16.3 Å². The topological polar surface area (TPSA) is 57.6 Å². The van der Waals surface area contributed by atoms with E-state index in [-0.39, 0.29) is 17.9 Å². The van der Waals surface area contributed by atoms with Crippen molar-refractivity contribution in [2.24, 2.45) is 11.8 Å². The lowest BCUT2D eigenvalue weighted by Crippen LogP contribution is -2.32. The van der Waals surface area contributed by atoms with Gasteiger partial charge in [-0.15, -0.1) is 0 Å². The van der Waals surface area contributed by atoms with Crippen LogP contribution in [-0.4, -0.2) is 28.4 Å². The Morgan fingerprint density at radius 1 is 1.04 bits per heavy atom. The van der Waals surface area contributed by atoms with E-state index in [1.54, 1.807) is 0 Å². The van der Waals surface area contributed by atoms with E-state index in [9.17, 15) is 9.59 Å². The molecule has 1 saturated heterocycles. The van der Waals surface area contributed by atoms with Crippen LogP contribution in [0.4, 0.5) is 0 Å². The molecule has 118 valence electrons. The Morgan fingerprint density at radius 3 is 2.61 bits per heavy atom. The molecule has 1 saturated carbocycles. The minimum absolute atomic E-state index is 0.0211. The van der Waals surface area contributed by atoms with Crippen molar-refractivity contribution in [2.45, 2.75) is 25.3 Å². The highest BCUT2D eigenvalue weighted by molar-refractivity contribution is 5.91. The van der Waals surface area contributed by atoms with Gasteiger partial charge in [0.15, 0.2) is 0 Å². The minimum Gasteiger partial charge on any atom is -0.481 e. The summed E-state index contributed by atoms with van der Waals surface area (Å²) in [4.78, 5) is 25.7. The fourth-order valence-electron chi connectivity index (χ4n) is 3.85. The second-order valence-corrected chi connectivity index (χ2v) is 6.54. The summed E-state index contributed by atoms with van der Waals surface area (Å²) in [7, 11) is 0. The molecule has 0 spiro atoms. The number of carboxylic acid groups (broad SMARTS) is 1. The third-order valence-corrected chi connectivity index (χ3v) is 5.14. The lowest BCUT2D eigenvalue weighted by atomic mass is 9.97. The zero-order valence-electron chi connectivity index (χ0n) is 12.8. The molecule has 2 fully saturated rings. The predicted octanol–water partition coefficient (Wildman–Crippen LogP) is 3.22. The molecule has 23 heavy (non-hydrogen) atoms. The van der Waals surface area contributed by atoms with Crippen LogP contribution in [0.1, 0.15) is 30.9 Å². The van der Waals surface area contributed by atoms with Gasteiger partial charge in [-0.3, -0.25) is 9.59 Å².